The molecule has 2 unspecified atom stereocenters. The molecule has 1 aliphatic heterocycles. The van der Waals surface area contributed by atoms with Gasteiger partial charge >= 0.3 is 0 Å². The van der Waals surface area contributed by atoms with Crippen LogP contribution in [-0.4, -0.2) is 46.4 Å². The lowest BCUT2D eigenvalue weighted by Gasteiger charge is -2.34. The lowest BCUT2D eigenvalue weighted by molar-refractivity contribution is 0.0753. The van der Waals surface area contributed by atoms with Crippen LogP contribution in [0.1, 0.15) is 49.7 Å². The molecule has 4 nitrogen and oxygen atoms in total. The van der Waals surface area contributed by atoms with Crippen molar-refractivity contribution in [3.63, 3.8) is 0 Å². The van der Waals surface area contributed by atoms with E-state index in [4.69, 9.17) is 0 Å². The average Bonchev–Trinajstić information content (AvgIpc) is 2.44. The van der Waals surface area contributed by atoms with Crippen LogP contribution in [0.2, 0.25) is 0 Å². The normalized spacial score (nSPS) is 22.5. The highest BCUT2D eigenvalue weighted by Crippen LogP contribution is 2.26. The maximum absolute atomic E-state index is 12.8. The molecule has 1 aromatic rings. The molecule has 0 radical (unpaired) electrons. The van der Waals surface area contributed by atoms with E-state index in [9.17, 15) is 4.79 Å². The average molecular weight is 307 g/mol. The van der Waals surface area contributed by atoms with Crippen LogP contribution in [0, 0.1) is 0 Å². The predicted octanol–water partition coefficient (Wildman–Crippen LogP) is 3.21. The van der Waals surface area contributed by atoms with Crippen LogP contribution in [0.15, 0.2) is 12.1 Å². The van der Waals surface area contributed by atoms with Gasteiger partial charge in [-0.1, -0.05) is 27.7 Å². The van der Waals surface area contributed by atoms with Crippen molar-refractivity contribution in [2.75, 3.05) is 25.5 Å². The van der Waals surface area contributed by atoms with Crippen molar-refractivity contribution >= 4 is 23.5 Å². The number of aromatic nitrogens is 1. The highest BCUT2D eigenvalue weighted by atomic mass is 32.2. The number of nitrogens with one attached hydrogen (secondary N) is 1. The van der Waals surface area contributed by atoms with E-state index in [2.05, 4.69) is 38.0 Å². The van der Waals surface area contributed by atoms with Gasteiger partial charge in [-0.05, 0) is 18.1 Å². The standard InChI is InChI=1S/C16H25N3OS/c1-10(2)14-6-13(7-15(17-5)18-14)16(20)19-8-11(3)21-12(4)9-19/h6-7,10-12H,8-9H2,1-5H3,(H,17,18). The zero-order chi connectivity index (χ0) is 15.6. The summed E-state index contributed by atoms with van der Waals surface area (Å²) in [7, 11) is 1.84. The van der Waals surface area contributed by atoms with Crippen molar-refractivity contribution in [1.82, 2.24) is 9.88 Å². The number of carbonyl (C=O) groups excluding carboxylic acids is 1. The second-order valence-corrected chi connectivity index (χ2v) is 7.92. The molecule has 0 aromatic carbocycles. The minimum absolute atomic E-state index is 0.120. The zero-order valence-electron chi connectivity index (χ0n) is 13.5. The number of amides is 1. The van der Waals surface area contributed by atoms with E-state index in [1.165, 1.54) is 0 Å². The monoisotopic (exact) mass is 307 g/mol. The number of hydrogen-bond donors (Lipinski definition) is 1. The van der Waals surface area contributed by atoms with Crippen molar-refractivity contribution in [2.24, 2.45) is 0 Å². The van der Waals surface area contributed by atoms with Crippen LogP contribution in [-0.2, 0) is 0 Å². The van der Waals surface area contributed by atoms with Gasteiger partial charge in [0.1, 0.15) is 5.82 Å². The van der Waals surface area contributed by atoms with E-state index in [1.807, 2.05) is 35.8 Å². The van der Waals surface area contributed by atoms with Gasteiger partial charge in [0.2, 0.25) is 0 Å². The zero-order valence-corrected chi connectivity index (χ0v) is 14.3. The Hall–Kier alpha value is -1.23. The smallest absolute Gasteiger partial charge is 0.254 e. The van der Waals surface area contributed by atoms with Gasteiger partial charge in [0.25, 0.3) is 5.91 Å². The summed E-state index contributed by atoms with van der Waals surface area (Å²) in [6.45, 7) is 10.2. The Kier molecular flexibility index (Phi) is 5.14. The summed E-state index contributed by atoms with van der Waals surface area (Å²) in [5.74, 6) is 1.19. The van der Waals surface area contributed by atoms with Crippen molar-refractivity contribution in [1.29, 1.82) is 0 Å². The minimum atomic E-state index is 0.120. The molecule has 2 rings (SSSR count). The quantitative estimate of drug-likeness (QED) is 0.931. The molecule has 21 heavy (non-hydrogen) atoms. The Balaban J connectivity index is 2.27. The molecule has 1 saturated heterocycles. The largest absolute Gasteiger partial charge is 0.373 e. The maximum atomic E-state index is 12.8. The summed E-state index contributed by atoms with van der Waals surface area (Å²) >= 11 is 1.95. The number of rotatable bonds is 3. The maximum Gasteiger partial charge on any atom is 0.254 e. The van der Waals surface area contributed by atoms with Crippen LogP contribution < -0.4 is 5.32 Å². The van der Waals surface area contributed by atoms with Gasteiger partial charge in [0, 0.05) is 41.9 Å². The van der Waals surface area contributed by atoms with Crippen LogP contribution in [0.3, 0.4) is 0 Å². The van der Waals surface area contributed by atoms with E-state index in [1.54, 1.807) is 0 Å². The third kappa shape index (κ3) is 3.90. The van der Waals surface area contributed by atoms with Crippen molar-refractivity contribution < 1.29 is 4.79 Å². The molecular formula is C16H25N3OS. The highest BCUT2D eigenvalue weighted by Gasteiger charge is 2.27. The van der Waals surface area contributed by atoms with Gasteiger partial charge in [-0.25, -0.2) is 4.98 Å². The van der Waals surface area contributed by atoms with Gasteiger partial charge in [-0.15, -0.1) is 0 Å². The first-order chi connectivity index (χ1) is 9.90. The van der Waals surface area contributed by atoms with Crippen LogP contribution in [0.5, 0.6) is 0 Å². The number of hydrogen-bond acceptors (Lipinski definition) is 4. The van der Waals surface area contributed by atoms with Gasteiger partial charge in [-0.3, -0.25) is 4.79 Å². The third-order valence-electron chi connectivity index (χ3n) is 3.65. The van der Waals surface area contributed by atoms with E-state index in [0.29, 0.717) is 16.4 Å². The molecule has 1 fully saturated rings. The summed E-state index contributed by atoms with van der Waals surface area (Å²) in [6.07, 6.45) is 0. The van der Waals surface area contributed by atoms with Crippen molar-refractivity contribution in [3.8, 4) is 0 Å². The molecule has 0 saturated carbocycles. The molecule has 1 aliphatic rings. The molecule has 0 aliphatic carbocycles. The molecule has 2 atom stereocenters. The SMILES string of the molecule is CNc1cc(C(=O)N2CC(C)SC(C)C2)cc(C(C)C)n1. The van der Waals surface area contributed by atoms with Crippen LogP contribution >= 0.6 is 11.8 Å². The first-order valence-electron chi connectivity index (χ1n) is 7.55. The molecule has 1 amide bonds. The van der Waals surface area contributed by atoms with Crippen LogP contribution in [0.25, 0.3) is 0 Å². The lowest BCUT2D eigenvalue weighted by atomic mass is 10.1. The molecule has 5 heteroatoms. The van der Waals surface area contributed by atoms with E-state index >= 15 is 0 Å². The van der Waals surface area contributed by atoms with Crippen molar-refractivity contribution in [3.05, 3.63) is 23.4 Å². The number of nitrogens with zero attached hydrogens (tertiary/aromatic N) is 2. The second kappa shape index (κ2) is 6.69. The van der Waals surface area contributed by atoms with E-state index in [-0.39, 0.29) is 5.91 Å². The topological polar surface area (TPSA) is 45.2 Å². The number of carbonyl (C=O) groups is 1. The highest BCUT2D eigenvalue weighted by molar-refractivity contribution is 8.00. The summed E-state index contributed by atoms with van der Waals surface area (Å²) in [6, 6.07) is 3.79. The van der Waals surface area contributed by atoms with Gasteiger partial charge < -0.3 is 10.2 Å². The third-order valence-corrected chi connectivity index (χ3v) is 4.87. The molecular weight excluding hydrogens is 282 g/mol. The summed E-state index contributed by atoms with van der Waals surface area (Å²) < 4.78 is 0. The Morgan fingerprint density at radius 3 is 2.48 bits per heavy atom. The molecule has 2 heterocycles. The minimum Gasteiger partial charge on any atom is -0.373 e. The van der Waals surface area contributed by atoms with Gasteiger partial charge in [0.15, 0.2) is 0 Å². The Labute approximate surface area is 131 Å². The lowest BCUT2D eigenvalue weighted by Crippen LogP contribution is -2.44. The second-order valence-electron chi connectivity index (χ2n) is 6.04. The molecule has 0 spiro atoms. The fourth-order valence-corrected chi connectivity index (χ4v) is 3.95. The summed E-state index contributed by atoms with van der Waals surface area (Å²) in [4.78, 5) is 19.3. The van der Waals surface area contributed by atoms with E-state index < -0.39 is 0 Å². The molecule has 1 N–H and O–H groups in total. The van der Waals surface area contributed by atoms with Crippen molar-refractivity contribution in [2.45, 2.75) is 44.1 Å². The number of anilines is 1. The Morgan fingerprint density at radius 1 is 1.33 bits per heavy atom. The fraction of sp³-hybridized carbons (Fsp3) is 0.625. The van der Waals surface area contributed by atoms with Gasteiger partial charge in [0.05, 0.1) is 0 Å². The molecule has 0 bridgehead atoms. The summed E-state index contributed by atoms with van der Waals surface area (Å²) in [5.41, 5.74) is 1.70. The fourth-order valence-electron chi connectivity index (χ4n) is 2.63. The molecule has 1 aromatic heterocycles. The first kappa shape index (κ1) is 16.1. The number of pyridine rings is 1. The summed E-state index contributed by atoms with van der Waals surface area (Å²) in [5, 5.41) is 4.04. The van der Waals surface area contributed by atoms with Gasteiger partial charge in [-0.2, -0.15) is 11.8 Å². The molecule has 116 valence electrons. The van der Waals surface area contributed by atoms with E-state index in [0.717, 1.165) is 30.2 Å². The Morgan fingerprint density at radius 2 is 1.95 bits per heavy atom. The first-order valence-corrected chi connectivity index (χ1v) is 8.49. The predicted molar refractivity (Wildman–Crippen MR) is 90.3 cm³/mol. The number of thioether (sulfide) groups is 1. The van der Waals surface area contributed by atoms with Crippen LogP contribution in [0.4, 0.5) is 5.82 Å². The Bertz CT molecular complexity index is 508.